The smallest absolute Gasteiger partial charge is 0.270 e. The first-order chi connectivity index (χ1) is 9.52. The maximum absolute atomic E-state index is 12.1. The van der Waals surface area contributed by atoms with Crippen molar-refractivity contribution in [3.8, 4) is 0 Å². The molecule has 0 aliphatic heterocycles. The Morgan fingerprint density at radius 2 is 2.15 bits per heavy atom. The lowest BCUT2D eigenvalue weighted by atomic mass is 10.1. The van der Waals surface area contributed by atoms with Gasteiger partial charge in [-0.2, -0.15) is 0 Å². The van der Waals surface area contributed by atoms with Gasteiger partial charge in [0.1, 0.15) is 17.3 Å². The van der Waals surface area contributed by atoms with E-state index >= 15 is 0 Å². The number of aryl methyl sites for hydroxylation is 2. The monoisotopic (exact) mass is 275 g/mol. The molecule has 1 unspecified atom stereocenters. The molecule has 0 radical (unpaired) electrons. The number of nitrogens with two attached hydrogens (primary N) is 1. The highest BCUT2D eigenvalue weighted by Gasteiger charge is 2.19. The number of pyridine rings is 1. The second-order valence-electron chi connectivity index (χ2n) is 4.49. The molecule has 7 heteroatoms. The highest BCUT2D eigenvalue weighted by Crippen LogP contribution is 2.21. The van der Waals surface area contributed by atoms with Gasteiger partial charge in [-0.25, -0.2) is 10.8 Å². The molecular weight excluding hydrogens is 258 g/mol. The van der Waals surface area contributed by atoms with Crippen molar-refractivity contribution < 1.29 is 9.32 Å². The average molecular weight is 275 g/mol. The van der Waals surface area contributed by atoms with Crippen molar-refractivity contribution in [3.63, 3.8) is 0 Å². The van der Waals surface area contributed by atoms with E-state index in [2.05, 4.69) is 20.9 Å². The molecule has 20 heavy (non-hydrogen) atoms. The van der Waals surface area contributed by atoms with E-state index in [0.717, 1.165) is 11.3 Å². The SMILES string of the molecule is Cc1noc(C)c1C(C)NC(=O)c1cccc(NN)n1. The molecule has 0 saturated carbocycles. The van der Waals surface area contributed by atoms with Gasteiger partial charge in [0.05, 0.1) is 11.7 Å². The van der Waals surface area contributed by atoms with E-state index in [9.17, 15) is 4.79 Å². The summed E-state index contributed by atoms with van der Waals surface area (Å²) in [5.41, 5.74) is 4.34. The average Bonchev–Trinajstić information content (AvgIpc) is 2.78. The van der Waals surface area contributed by atoms with Crippen LogP contribution in [0, 0.1) is 13.8 Å². The number of carbonyl (C=O) groups excluding carboxylic acids is 1. The second-order valence-corrected chi connectivity index (χ2v) is 4.49. The molecule has 0 aromatic carbocycles. The van der Waals surface area contributed by atoms with Crippen molar-refractivity contribution in [3.05, 3.63) is 40.9 Å². The fraction of sp³-hybridized carbons (Fsp3) is 0.308. The predicted octanol–water partition coefficient (Wildman–Crippen LogP) is 1.46. The Morgan fingerprint density at radius 3 is 2.75 bits per heavy atom. The number of nitrogen functional groups attached to an aromatic ring is 1. The summed E-state index contributed by atoms with van der Waals surface area (Å²) >= 11 is 0. The lowest BCUT2D eigenvalue weighted by molar-refractivity contribution is 0.0935. The zero-order valence-corrected chi connectivity index (χ0v) is 11.6. The minimum Gasteiger partial charge on any atom is -0.361 e. The minimum atomic E-state index is -0.283. The van der Waals surface area contributed by atoms with Gasteiger partial charge in [0, 0.05) is 5.56 Å². The lowest BCUT2D eigenvalue weighted by Crippen LogP contribution is -2.28. The Labute approximate surface area is 116 Å². The van der Waals surface area contributed by atoms with E-state index in [4.69, 9.17) is 10.4 Å². The van der Waals surface area contributed by atoms with Crippen LogP contribution in [0.15, 0.2) is 22.7 Å². The van der Waals surface area contributed by atoms with Crippen molar-refractivity contribution in [1.82, 2.24) is 15.5 Å². The number of aromatic nitrogens is 2. The Balaban J connectivity index is 2.15. The van der Waals surface area contributed by atoms with E-state index in [1.165, 1.54) is 0 Å². The molecule has 2 aromatic heterocycles. The zero-order chi connectivity index (χ0) is 14.7. The fourth-order valence-electron chi connectivity index (χ4n) is 2.09. The highest BCUT2D eigenvalue weighted by molar-refractivity contribution is 5.92. The summed E-state index contributed by atoms with van der Waals surface area (Å²) in [5.74, 6) is 6.12. The van der Waals surface area contributed by atoms with Crippen molar-refractivity contribution in [1.29, 1.82) is 0 Å². The largest absolute Gasteiger partial charge is 0.361 e. The molecule has 2 rings (SSSR count). The number of carbonyl (C=O) groups is 1. The number of nitrogens with zero attached hydrogens (tertiary/aromatic N) is 2. The summed E-state index contributed by atoms with van der Waals surface area (Å²) in [6.45, 7) is 5.52. The molecule has 0 aliphatic carbocycles. The number of hydrazine groups is 1. The fourth-order valence-corrected chi connectivity index (χ4v) is 2.09. The highest BCUT2D eigenvalue weighted by atomic mass is 16.5. The third-order valence-electron chi connectivity index (χ3n) is 3.00. The van der Waals surface area contributed by atoms with Crippen LogP contribution in [0.1, 0.15) is 40.5 Å². The molecule has 0 spiro atoms. The van der Waals surface area contributed by atoms with Crippen LogP contribution >= 0.6 is 0 Å². The summed E-state index contributed by atoms with van der Waals surface area (Å²) in [6, 6.07) is 4.78. The summed E-state index contributed by atoms with van der Waals surface area (Å²) in [5, 5.41) is 6.74. The van der Waals surface area contributed by atoms with Crippen LogP contribution in [-0.2, 0) is 0 Å². The first-order valence-electron chi connectivity index (χ1n) is 6.20. The first kappa shape index (κ1) is 14.0. The molecule has 7 nitrogen and oxygen atoms in total. The standard InChI is InChI=1S/C13H17N5O2/c1-7(12-8(2)18-20-9(12)3)15-13(19)10-5-4-6-11(16-10)17-14/h4-7H,14H2,1-3H3,(H,15,19)(H,16,17). The summed E-state index contributed by atoms with van der Waals surface area (Å²) < 4.78 is 5.10. The topological polar surface area (TPSA) is 106 Å². The molecule has 0 fully saturated rings. The van der Waals surface area contributed by atoms with Gasteiger partial charge in [0.25, 0.3) is 5.91 Å². The van der Waals surface area contributed by atoms with Gasteiger partial charge in [-0.05, 0) is 32.9 Å². The van der Waals surface area contributed by atoms with Crippen LogP contribution in [0.25, 0.3) is 0 Å². The molecule has 106 valence electrons. The maximum Gasteiger partial charge on any atom is 0.270 e. The predicted molar refractivity (Wildman–Crippen MR) is 73.9 cm³/mol. The van der Waals surface area contributed by atoms with Gasteiger partial charge in [0.2, 0.25) is 0 Å². The van der Waals surface area contributed by atoms with Crippen LogP contribution in [0.3, 0.4) is 0 Å². The van der Waals surface area contributed by atoms with Gasteiger partial charge in [-0.3, -0.25) is 4.79 Å². The number of amides is 1. The van der Waals surface area contributed by atoms with Crippen LogP contribution in [0.4, 0.5) is 5.82 Å². The van der Waals surface area contributed by atoms with Gasteiger partial charge in [-0.15, -0.1) is 0 Å². The molecular formula is C13H17N5O2. The Bertz CT molecular complexity index is 603. The number of anilines is 1. The molecule has 0 aliphatic rings. The molecule has 2 aromatic rings. The van der Waals surface area contributed by atoms with Gasteiger partial charge in [0.15, 0.2) is 0 Å². The first-order valence-corrected chi connectivity index (χ1v) is 6.20. The van der Waals surface area contributed by atoms with E-state index in [-0.39, 0.29) is 11.9 Å². The number of hydrogen-bond donors (Lipinski definition) is 3. The Kier molecular flexibility index (Phi) is 3.99. The normalized spacial score (nSPS) is 12.0. The maximum atomic E-state index is 12.1. The molecule has 0 saturated heterocycles. The van der Waals surface area contributed by atoms with Crippen molar-refractivity contribution >= 4 is 11.7 Å². The van der Waals surface area contributed by atoms with Crippen LogP contribution < -0.4 is 16.6 Å². The van der Waals surface area contributed by atoms with Crippen molar-refractivity contribution in [2.24, 2.45) is 5.84 Å². The van der Waals surface area contributed by atoms with Crippen molar-refractivity contribution in [2.75, 3.05) is 5.43 Å². The Morgan fingerprint density at radius 1 is 1.40 bits per heavy atom. The van der Waals surface area contributed by atoms with Crippen molar-refractivity contribution in [2.45, 2.75) is 26.8 Å². The molecule has 2 heterocycles. The summed E-state index contributed by atoms with van der Waals surface area (Å²) in [6.07, 6.45) is 0. The van der Waals surface area contributed by atoms with Gasteiger partial charge >= 0.3 is 0 Å². The number of nitrogens with one attached hydrogen (secondary N) is 2. The number of hydrogen-bond acceptors (Lipinski definition) is 6. The Hall–Kier alpha value is -2.41. The minimum absolute atomic E-state index is 0.218. The van der Waals surface area contributed by atoms with Crippen LogP contribution in [0.2, 0.25) is 0 Å². The molecule has 1 atom stereocenters. The number of rotatable bonds is 4. The molecule has 4 N–H and O–H groups in total. The summed E-state index contributed by atoms with van der Waals surface area (Å²) in [7, 11) is 0. The zero-order valence-electron chi connectivity index (χ0n) is 11.6. The summed E-state index contributed by atoms with van der Waals surface area (Å²) in [4.78, 5) is 16.2. The van der Waals surface area contributed by atoms with E-state index in [0.29, 0.717) is 17.3 Å². The quantitative estimate of drug-likeness (QED) is 0.576. The third-order valence-corrected chi connectivity index (χ3v) is 3.00. The molecule has 0 bridgehead atoms. The van der Waals surface area contributed by atoms with E-state index in [1.807, 2.05) is 20.8 Å². The van der Waals surface area contributed by atoms with E-state index in [1.54, 1.807) is 18.2 Å². The second kappa shape index (κ2) is 5.70. The van der Waals surface area contributed by atoms with Crippen LogP contribution in [0.5, 0.6) is 0 Å². The van der Waals surface area contributed by atoms with E-state index < -0.39 is 0 Å². The molecule has 1 amide bonds. The lowest BCUT2D eigenvalue weighted by Gasteiger charge is -2.13. The third kappa shape index (κ3) is 2.77. The van der Waals surface area contributed by atoms with Gasteiger partial charge in [-0.1, -0.05) is 11.2 Å². The van der Waals surface area contributed by atoms with Gasteiger partial charge < -0.3 is 15.3 Å². The van der Waals surface area contributed by atoms with Crippen LogP contribution in [-0.4, -0.2) is 16.0 Å².